The van der Waals surface area contributed by atoms with Gasteiger partial charge < -0.3 is 0 Å². The molecule has 0 bridgehead atoms. The van der Waals surface area contributed by atoms with Crippen LogP contribution in [0.5, 0.6) is 0 Å². The first kappa shape index (κ1) is 39.4. The van der Waals surface area contributed by atoms with E-state index in [2.05, 4.69) is 70.5 Å². The monoisotopic (exact) mass is 633 g/mol. The minimum Gasteiger partial charge on any atom is -0.266 e. The Labute approximate surface area is 269 Å². The highest BCUT2D eigenvalue weighted by molar-refractivity contribution is 6.31. The van der Waals surface area contributed by atoms with Crippen molar-refractivity contribution in [1.29, 1.82) is 0 Å². The third kappa shape index (κ3) is 13.5. The average Bonchev–Trinajstić information content (AvgIpc) is 2.98. The van der Waals surface area contributed by atoms with Gasteiger partial charge in [0.25, 0.3) is 0 Å². The topological polar surface area (TPSA) is 12.4 Å². The number of benzene rings is 2. The third-order valence-corrected chi connectivity index (χ3v) is 8.03. The molecule has 0 N–H and O–H groups in total. The minimum atomic E-state index is -4.36. The summed E-state index contributed by atoms with van der Waals surface area (Å²) in [6.07, 6.45) is 8.11. The van der Waals surface area contributed by atoms with Gasteiger partial charge in [0.05, 0.1) is 5.02 Å². The number of halogens is 5. The van der Waals surface area contributed by atoms with Gasteiger partial charge in [-0.15, -0.1) is 0 Å². The van der Waals surface area contributed by atoms with Crippen LogP contribution in [-0.4, -0.2) is 11.9 Å². The zero-order chi connectivity index (χ0) is 33.3. The van der Waals surface area contributed by atoms with Crippen LogP contribution < -0.4 is 0 Å². The number of hydrogen-bond donors (Lipinski definition) is 0. The summed E-state index contributed by atoms with van der Waals surface area (Å²) in [5, 5.41) is 0.222. The van der Waals surface area contributed by atoms with E-state index in [1.165, 1.54) is 35.1 Å². The lowest BCUT2D eigenvalue weighted by atomic mass is 9.83. The number of alkyl halides is 3. The quantitative estimate of drug-likeness (QED) is 0.105. The van der Waals surface area contributed by atoms with Crippen molar-refractivity contribution >= 4 is 22.9 Å². The van der Waals surface area contributed by atoms with Crippen LogP contribution in [0.25, 0.3) is 5.57 Å². The van der Waals surface area contributed by atoms with Crippen molar-refractivity contribution in [2.45, 2.75) is 125 Å². The molecule has 0 fully saturated rings. The van der Waals surface area contributed by atoms with Crippen molar-refractivity contribution in [3.05, 3.63) is 99.5 Å². The maximum absolute atomic E-state index is 14.2. The van der Waals surface area contributed by atoms with Gasteiger partial charge in [0, 0.05) is 23.4 Å². The predicted molar refractivity (Wildman–Crippen MR) is 183 cm³/mol. The molecule has 0 aliphatic carbocycles. The SMILES string of the molecule is C=C(/C=C\N=C(C)CCC)C(F)(F)F.CCCC/C(=C(/C)C(C)c1ccc(CCCC)cc1)c1cc(Cl)c(F)cc1CCC. The number of rotatable bonds is 15. The van der Waals surface area contributed by atoms with Crippen LogP contribution in [-0.2, 0) is 12.8 Å². The standard InChI is InChI=1S/C28H38ClF.C10H14F3N/c1-6-9-12-22-14-16-23(17-15-22)20(4)21(5)25(13-10-7-2)26-19-27(29)28(30)18-24(26)11-8-3;1-4-5-9(3)14-7-6-8(2)10(11,12)13/h14-20H,6-13H2,1-5H3;6-7H,2,4-5H2,1,3H3/b25-21+;7-6-,14-9?. The molecular formula is C38H52ClF4N. The normalized spacial score (nSPS) is 13.4. The maximum atomic E-state index is 14.2. The van der Waals surface area contributed by atoms with Gasteiger partial charge >= 0.3 is 6.18 Å². The number of aliphatic imine (C=N–C) groups is 1. The number of hydrogen-bond acceptors (Lipinski definition) is 1. The van der Waals surface area contributed by atoms with Gasteiger partial charge in [-0.1, -0.05) is 108 Å². The van der Waals surface area contributed by atoms with Crippen molar-refractivity contribution in [2.24, 2.45) is 4.99 Å². The maximum Gasteiger partial charge on any atom is 0.415 e. The van der Waals surface area contributed by atoms with E-state index in [-0.39, 0.29) is 10.8 Å². The number of allylic oxidation sites excluding steroid dienone is 4. The Morgan fingerprint density at radius 1 is 0.909 bits per heavy atom. The van der Waals surface area contributed by atoms with E-state index < -0.39 is 11.7 Å². The number of aryl methyl sites for hydroxylation is 2. The summed E-state index contributed by atoms with van der Waals surface area (Å²) in [5.41, 5.74) is 7.61. The molecule has 0 amide bonds. The smallest absolute Gasteiger partial charge is 0.266 e. The van der Waals surface area contributed by atoms with Gasteiger partial charge in [-0.25, -0.2) is 4.39 Å². The first-order chi connectivity index (χ1) is 20.8. The molecule has 0 aromatic heterocycles. The second-order valence-corrected chi connectivity index (χ2v) is 11.9. The Morgan fingerprint density at radius 3 is 2.09 bits per heavy atom. The zero-order valence-electron chi connectivity index (χ0n) is 27.8. The lowest BCUT2D eigenvalue weighted by Crippen LogP contribution is -2.08. The van der Waals surface area contributed by atoms with Crippen molar-refractivity contribution < 1.29 is 17.6 Å². The summed E-state index contributed by atoms with van der Waals surface area (Å²) in [6.45, 7) is 17.8. The molecule has 0 radical (unpaired) electrons. The number of unbranched alkanes of at least 4 members (excludes halogenated alkanes) is 2. The summed E-state index contributed by atoms with van der Waals surface area (Å²) < 4.78 is 50.0. The van der Waals surface area contributed by atoms with Gasteiger partial charge in [0.15, 0.2) is 0 Å². The van der Waals surface area contributed by atoms with E-state index >= 15 is 0 Å². The Morgan fingerprint density at radius 2 is 1.55 bits per heavy atom. The largest absolute Gasteiger partial charge is 0.415 e. The van der Waals surface area contributed by atoms with Gasteiger partial charge in [-0.2, -0.15) is 13.2 Å². The van der Waals surface area contributed by atoms with Crippen LogP contribution >= 0.6 is 11.6 Å². The van der Waals surface area contributed by atoms with E-state index in [4.69, 9.17) is 11.6 Å². The average molecular weight is 634 g/mol. The predicted octanol–water partition coefficient (Wildman–Crippen LogP) is 13.4. The van der Waals surface area contributed by atoms with Gasteiger partial charge in [0.2, 0.25) is 0 Å². The van der Waals surface area contributed by atoms with Crippen molar-refractivity contribution in [3.63, 3.8) is 0 Å². The lowest BCUT2D eigenvalue weighted by Gasteiger charge is -2.22. The third-order valence-electron chi connectivity index (χ3n) is 7.74. The molecule has 244 valence electrons. The summed E-state index contributed by atoms with van der Waals surface area (Å²) in [7, 11) is 0. The summed E-state index contributed by atoms with van der Waals surface area (Å²) in [5.74, 6) is 0.00228. The first-order valence-corrected chi connectivity index (χ1v) is 16.4. The van der Waals surface area contributed by atoms with Crippen molar-refractivity contribution in [1.82, 2.24) is 0 Å². The van der Waals surface area contributed by atoms with Crippen LogP contribution in [0.2, 0.25) is 5.02 Å². The van der Waals surface area contributed by atoms with E-state index in [0.717, 1.165) is 80.5 Å². The molecule has 0 saturated carbocycles. The second kappa shape index (κ2) is 20.4. The fraction of sp³-hybridized carbons (Fsp3) is 0.500. The highest BCUT2D eigenvalue weighted by Crippen LogP contribution is 2.37. The first-order valence-electron chi connectivity index (χ1n) is 16.0. The van der Waals surface area contributed by atoms with E-state index in [1.54, 1.807) is 13.0 Å². The molecule has 1 nitrogen and oxygen atoms in total. The lowest BCUT2D eigenvalue weighted by molar-refractivity contribution is -0.0878. The zero-order valence-corrected chi connectivity index (χ0v) is 28.6. The molecule has 0 spiro atoms. The van der Waals surface area contributed by atoms with Crippen molar-refractivity contribution in [2.75, 3.05) is 0 Å². The Kier molecular flexibility index (Phi) is 18.2. The van der Waals surface area contributed by atoms with Gasteiger partial charge in [-0.05, 0) is 98.4 Å². The number of nitrogens with zero attached hydrogens (tertiary/aromatic N) is 1. The van der Waals surface area contributed by atoms with Gasteiger partial charge in [0.1, 0.15) is 5.82 Å². The van der Waals surface area contributed by atoms with E-state index in [1.807, 2.05) is 13.0 Å². The summed E-state index contributed by atoms with van der Waals surface area (Å²) in [6, 6.07) is 12.6. The summed E-state index contributed by atoms with van der Waals surface area (Å²) in [4.78, 5) is 3.84. The van der Waals surface area contributed by atoms with Crippen LogP contribution in [0.3, 0.4) is 0 Å². The van der Waals surface area contributed by atoms with Crippen LogP contribution in [0.1, 0.15) is 128 Å². The van der Waals surface area contributed by atoms with Crippen LogP contribution in [0.15, 0.2) is 71.4 Å². The Hall–Kier alpha value is -2.66. The molecule has 2 rings (SSSR count). The molecule has 0 saturated heterocycles. The fourth-order valence-electron chi connectivity index (χ4n) is 4.88. The molecule has 1 unspecified atom stereocenters. The molecule has 2 aromatic carbocycles. The Balaban J connectivity index is 0.000000582. The molecule has 0 heterocycles. The van der Waals surface area contributed by atoms with Crippen molar-refractivity contribution in [3.8, 4) is 0 Å². The fourth-order valence-corrected chi connectivity index (χ4v) is 5.05. The molecule has 44 heavy (non-hydrogen) atoms. The molecular weight excluding hydrogens is 582 g/mol. The van der Waals surface area contributed by atoms with Crippen LogP contribution in [0.4, 0.5) is 17.6 Å². The van der Waals surface area contributed by atoms with Gasteiger partial charge in [-0.3, -0.25) is 4.99 Å². The highest BCUT2D eigenvalue weighted by Gasteiger charge is 2.29. The highest BCUT2D eigenvalue weighted by atomic mass is 35.5. The van der Waals surface area contributed by atoms with E-state index in [9.17, 15) is 17.6 Å². The molecule has 6 heteroatoms. The van der Waals surface area contributed by atoms with Crippen LogP contribution in [0, 0.1) is 5.82 Å². The second-order valence-electron chi connectivity index (χ2n) is 11.5. The molecule has 0 aliphatic rings. The molecule has 1 atom stereocenters. The Bertz CT molecular complexity index is 1250. The molecule has 0 aliphatic heterocycles. The molecule has 2 aromatic rings. The van der Waals surface area contributed by atoms with E-state index in [0.29, 0.717) is 5.92 Å². The summed E-state index contributed by atoms with van der Waals surface area (Å²) >= 11 is 6.23. The minimum absolute atomic E-state index is 0.222.